The van der Waals surface area contributed by atoms with Gasteiger partial charge in [-0.25, -0.2) is 4.79 Å². The summed E-state index contributed by atoms with van der Waals surface area (Å²) in [6, 6.07) is 7.76. The first kappa shape index (κ1) is 12.5. The van der Waals surface area contributed by atoms with Crippen LogP contribution in [0.25, 0.3) is 0 Å². The van der Waals surface area contributed by atoms with Gasteiger partial charge in [0.25, 0.3) is 11.1 Å². The summed E-state index contributed by atoms with van der Waals surface area (Å²) in [7, 11) is 1.26. The average Bonchev–Trinajstić information content (AvgIpc) is 2.80. The summed E-state index contributed by atoms with van der Waals surface area (Å²) in [6.07, 6.45) is 0. The Bertz CT molecular complexity index is 488. The van der Waals surface area contributed by atoms with Gasteiger partial charge in [-0.3, -0.25) is 9.69 Å². The number of carbonyl (C=O) groups is 2. The zero-order valence-electron chi connectivity index (χ0n) is 9.66. The molecule has 0 bridgehead atoms. The first-order valence-corrected chi connectivity index (χ1v) is 5.69. The van der Waals surface area contributed by atoms with Crippen LogP contribution < -0.4 is 0 Å². The van der Waals surface area contributed by atoms with Crippen molar-refractivity contribution >= 4 is 29.3 Å². The molecule has 5 nitrogen and oxygen atoms in total. The molecule has 1 fully saturated rings. The molecule has 0 radical (unpaired) electrons. The van der Waals surface area contributed by atoms with Crippen molar-refractivity contribution in [2.24, 2.45) is 0 Å². The van der Waals surface area contributed by atoms with Crippen LogP contribution in [0.15, 0.2) is 30.3 Å². The van der Waals surface area contributed by atoms with Crippen molar-refractivity contribution in [3.63, 3.8) is 0 Å². The van der Waals surface area contributed by atoms with Gasteiger partial charge in [0, 0.05) is 5.56 Å². The van der Waals surface area contributed by atoms with E-state index in [1.54, 1.807) is 30.3 Å². The molecule has 6 heteroatoms. The van der Waals surface area contributed by atoms with Crippen molar-refractivity contribution in [1.82, 2.24) is 4.90 Å². The summed E-state index contributed by atoms with van der Waals surface area (Å²) in [4.78, 5) is 24.9. The third-order valence-corrected chi connectivity index (χ3v) is 2.90. The van der Waals surface area contributed by atoms with Crippen molar-refractivity contribution in [1.29, 1.82) is 0 Å². The minimum atomic E-state index is -0.810. The summed E-state index contributed by atoms with van der Waals surface area (Å²) in [5.74, 6) is -0.910. The van der Waals surface area contributed by atoms with E-state index in [4.69, 9.17) is 17.0 Å². The van der Waals surface area contributed by atoms with Crippen molar-refractivity contribution < 1.29 is 19.1 Å². The van der Waals surface area contributed by atoms with Crippen LogP contribution in [0.3, 0.4) is 0 Å². The molecule has 1 aromatic carbocycles. The second-order valence-corrected chi connectivity index (χ2v) is 4.01. The molecular weight excluding hydrogens is 254 g/mol. The van der Waals surface area contributed by atoms with Crippen LogP contribution in [0.2, 0.25) is 0 Å². The van der Waals surface area contributed by atoms with Gasteiger partial charge in [-0.15, -0.1) is 0 Å². The molecule has 1 amide bonds. The zero-order valence-corrected chi connectivity index (χ0v) is 10.5. The Hall–Kier alpha value is -1.95. The molecule has 0 spiro atoms. The number of esters is 1. The first-order chi connectivity index (χ1) is 8.65. The van der Waals surface area contributed by atoms with Crippen molar-refractivity contribution in [2.45, 2.75) is 6.04 Å². The average molecular weight is 265 g/mol. The van der Waals surface area contributed by atoms with E-state index in [1.165, 1.54) is 7.11 Å². The molecule has 1 unspecified atom stereocenters. The second kappa shape index (κ2) is 5.14. The molecule has 18 heavy (non-hydrogen) atoms. The quantitative estimate of drug-likeness (QED) is 0.589. The van der Waals surface area contributed by atoms with Crippen LogP contribution in [0.5, 0.6) is 0 Å². The number of benzene rings is 1. The van der Waals surface area contributed by atoms with E-state index >= 15 is 0 Å². The fraction of sp³-hybridized carbons (Fsp3) is 0.250. The lowest BCUT2D eigenvalue weighted by Crippen LogP contribution is -2.44. The number of rotatable bonds is 2. The van der Waals surface area contributed by atoms with Crippen molar-refractivity contribution in [3.05, 3.63) is 35.9 Å². The van der Waals surface area contributed by atoms with Crippen LogP contribution in [-0.4, -0.2) is 41.7 Å². The second-order valence-electron chi connectivity index (χ2n) is 3.66. The third kappa shape index (κ3) is 2.19. The maximum atomic E-state index is 12.2. The van der Waals surface area contributed by atoms with Crippen LogP contribution in [0.1, 0.15) is 10.4 Å². The van der Waals surface area contributed by atoms with Gasteiger partial charge in [-0.2, -0.15) is 0 Å². The van der Waals surface area contributed by atoms with Crippen LogP contribution in [-0.2, 0) is 14.3 Å². The number of thiocarbonyl (C=S) groups is 1. The van der Waals surface area contributed by atoms with Gasteiger partial charge in [-0.1, -0.05) is 18.2 Å². The highest BCUT2D eigenvalue weighted by molar-refractivity contribution is 7.80. The lowest BCUT2D eigenvalue weighted by Gasteiger charge is -2.19. The molecule has 94 valence electrons. The smallest absolute Gasteiger partial charge is 0.332 e. The summed E-state index contributed by atoms with van der Waals surface area (Å²) < 4.78 is 9.71. The van der Waals surface area contributed by atoms with E-state index in [1.807, 2.05) is 0 Å². The largest absolute Gasteiger partial charge is 0.468 e. The van der Waals surface area contributed by atoms with Gasteiger partial charge < -0.3 is 9.47 Å². The summed E-state index contributed by atoms with van der Waals surface area (Å²) in [6.45, 7) is 0.0318. The Morgan fingerprint density at radius 2 is 2.06 bits per heavy atom. The van der Waals surface area contributed by atoms with Gasteiger partial charge in [-0.05, 0) is 24.4 Å². The fourth-order valence-electron chi connectivity index (χ4n) is 1.68. The molecule has 0 aromatic heterocycles. The van der Waals surface area contributed by atoms with Crippen LogP contribution in [0, 0.1) is 0 Å². The molecular formula is C12H11NO4S. The Kier molecular flexibility index (Phi) is 3.57. The van der Waals surface area contributed by atoms with Crippen LogP contribution >= 0.6 is 12.2 Å². The lowest BCUT2D eigenvalue weighted by atomic mass is 10.2. The normalized spacial score (nSPS) is 18.4. The van der Waals surface area contributed by atoms with E-state index in [2.05, 4.69) is 4.74 Å². The fourth-order valence-corrected chi connectivity index (χ4v) is 1.95. The molecule has 2 rings (SSSR count). The van der Waals surface area contributed by atoms with Gasteiger partial charge >= 0.3 is 5.97 Å². The predicted octanol–water partition coefficient (Wildman–Crippen LogP) is 0.986. The Balaban J connectivity index is 2.27. The topological polar surface area (TPSA) is 55.8 Å². The molecule has 1 heterocycles. The SMILES string of the molecule is COC(=O)C1COC(=S)N1C(=O)c1ccccc1. The Morgan fingerprint density at radius 3 is 2.67 bits per heavy atom. The molecule has 1 aliphatic heterocycles. The summed E-state index contributed by atoms with van der Waals surface area (Å²) >= 11 is 4.94. The van der Waals surface area contributed by atoms with Gasteiger partial charge in [0.05, 0.1) is 7.11 Å². The number of carbonyl (C=O) groups excluding carboxylic acids is 2. The van der Waals surface area contributed by atoms with Gasteiger partial charge in [0.2, 0.25) is 0 Å². The van der Waals surface area contributed by atoms with Crippen molar-refractivity contribution in [3.8, 4) is 0 Å². The number of ether oxygens (including phenoxy) is 2. The number of amides is 1. The molecule has 1 saturated heterocycles. The molecule has 0 saturated carbocycles. The van der Waals surface area contributed by atoms with Crippen molar-refractivity contribution in [2.75, 3.05) is 13.7 Å². The molecule has 0 aliphatic carbocycles. The highest BCUT2D eigenvalue weighted by Crippen LogP contribution is 2.17. The van der Waals surface area contributed by atoms with E-state index in [9.17, 15) is 9.59 Å². The van der Waals surface area contributed by atoms with E-state index in [0.717, 1.165) is 4.90 Å². The third-order valence-electron chi connectivity index (χ3n) is 2.59. The zero-order chi connectivity index (χ0) is 13.1. The van der Waals surface area contributed by atoms with Gasteiger partial charge in [0.15, 0.2) is 6.04 Å². The molecule has 0 N–H and O–H groups in total. The maximum Gasteiger partial charge on any atom is 0.332 e. The highest BCUT2D eigenvalue weighted by atomic mass is 32.1. The standard InChI is InChI=1S/C12H11NO4S/c1-16-11(15)9-7-17-12(18)13(9)10(14)8-5-3-2-4-6-8/h2-6,9H,7H2,1H3. The van der Waals surface area contributed by atoms with Gasteiger partial charge in [0.1, 0.15) is 6.61 Å². The molecule has 1 aliphatic rings. The number of hydrogen-bond acceptors (Lipinski definition) is 5. The Labute approximate surface area is 109 Å². The minimum absolute atomic E-state index is 0.000692. The summed E-state index contributed by atoms with van der Waals surface area (Å²) in [5, 5.41) is -0.000692. The highest BCUT2D eigenvalue weighted by Gasteiger charge is 2.40. The predicted molar refractivity (Wildman–Crippen MR) is 67.0 cm³/mol. The van der Waals surface area contributed by atoms with E-state index in [-0.39, 0.29) is 17.7 Å². The molecule has 1 atom stereocenters. The van der Waals surface area contributed by atoms with Crippen LogP contribution in [0.4, 0.5) is 0 Å². The van der Waals surface area contributed by atoms with E-state index in [0.29, 0.717) is 5.56 Å². The number of nitrogens with zero attached hydrogens (tertiary/aromatic N) is 1. The number of hydrogen-bond donors (Lipinski definition) is 0. The lowest BCUT2D eigenvalue weighted by molar-refractivity contribution is -0.144. The maximum absolute atomic E-state index is 12.2. The summed E-state index contributed by atoms with van der Waals surface area (Å²) in [5.41, 5.74) is 0.444. The minimum Gasteiger partial charge on any atom is -0.468 e. The monoisotopic (exact) mass is 265 g/mol. The number of methoxy groups -OCH3 is 1. The first-order valence-electron chi connectivity index (χ1n) is 5.28. The molecule has 1 aromatic rings. The van der Waals surface area contributed by atoms with E-state index < -0.39 is 12.0 Å². The Morgan fingerprint density at radius 1 is 1.39 bits per heavy atom.